The van der Waals surface area contributed by atoms with Crippen molar-refractivity contribution in [1.29, 1.82) is 0 Å². The molecule has 1 heterocycles. The van der Waals surface area contributed by atoms with E-state index in [-0.39, 0.29) is 0 Å². The fraction of sp³-hybridized carbons (Fsp3) is 0.444. The van der Waals surface area contributed by atoms with Crippen LogP contribution < -0.4 is 0 Å². The van der Waals surface area contributed by atoms with Crippen LogP contribution in [0.5, 0.6) is 0 Å². The standard InChI is InChI=1S/C9H13NO/c1-3-8-4-5-9(7-11-2)10-6-8/h4-6H,3,7H2,1-2H3. The Morgan fingerprint density at radius 2 is 2.27 bits per heavy atom. The van der Waals surface area contributed by atoms with E-state index in [0.29, 0.717) is 6.61 Å². The van der Waals surface area contributed by atoms with Gasteiger partial charge in [-0.05, 0) is 18.1 Å². The summed E-state index contributed by atoms with van der Waals surface area (Å²) in [6.07, 6.45) is 2.94. The Labute approximate surface area is 67.2 Å². The highest BCUT2D eigenvalue weighted by Gasteiger charge is 1.92. The quantitative estimate of drug-likeness (QED) is 0.657. The number of hydrogen-bond donors (Lipinski definition) is 0. The maximum Gasteiger partial charge on any atom is 0.0884 e. The van der Waals surface area contributed by atoms with Gasteiger partial charge in [-0.25, -0.2) is 0 Å². The summed E-state index contributed by atoms with van der Waals surface area (Å²) < 4.78 is 4.94. The molecule has 60 valence electrons. The van der Waals surface area contributed by atoms with Crippen LogP contribution in [0.3, 0.4) is 0 Å². The summed E-state index contributed by atoms with van der Waals surface area (Å²) in [5, 5.41) is 0. The van der Waals surface area contributed by atoms with E-state index >= 15 is 0 Å². The summed E-state index contributed by atoms with van der Waals surface area (Å²) in [6.45, 7) is 2.72. The average Bonchev–Trinajstić information content (AvgIpc) is 2.07. The Morgan fingerprint density at radius 3 is 2.73 bits per heavy atom. The molecule has 0 aliphatic rings. The number of ether oxygens (including phenoxy) is 1. The molecule has 1 aromatic rings. The van der Waals surface area contributed by atoms with Crippen molar-refractivity contribution in [3.05, 3.63) is 29.6 Å². The minimum atomic E-state index is 0.601. The third kappa shape index (κ3) is 2.31. The molecule has 1 rings (SSSR count). The van der Waals surface area contributed by atoms with Crippen LogP contribution in [-0.2, 0) is 17.8 Å². The normalized spacial score (nSPS) is 10.0. The summed E-state index contributed by atoms with van der Waals surface area (Å²) >= 11 is 0. The van der Waals surface area contributed by atoms with Crippen molar-refractivity contribution in [2.45, 2.75) is 20.0 Å². The van der Waals surface area contributed by atoms with Gasteiger partial charge in [-0.2, -0.15) is 0 Å². The fourth-order valence-electron chi connectivity index (χ4n) is 0.898. The van der Waals surface area contributed by atoms with Crippen molar-refractivity contribution in [3.8, 4) is 0 Å². The van der Waals surface area contributed by atoms with Crippen LogP contribution >= 0.6 is 0 Å². The Morgan fingerprint density at radius 1 is 1.45 bits per heavy atom. The molecule has 0 saturated heterocycles. The molecule has 0 saturated carbocycles. The summed E-state index contributed by atoms with van der Waals surface area (Å²) in [5.74, 6) is 0. The lowest BCUT2D eigenvalue weighted by Gasteiger charge is -1.99. The second kappa shape index (κ2) is 4.09. The highest BCUT2D eigenvalue weighted by Crippen LogP contribution is 2.01. The van der Waals surface area contributed by atoms with Gasteiger partial charge >= 0.3 is 0 Å². The number of aryl methyl sites for hydroxylation is 1. The smallest absolute Gasteiger partial charge is 0.0884 e. The predicted octanol–water partition coefficient (Wildman–Crippen LogP) is 1.79. The van der Waals surface area contributed by atoms with E-state index in [1.165, 1.54) is 5.56 Å². The second-order valence-corrected chi connectivity index (χ2v) is 2.44. The summed E-state index contributed by atoms with van der Waals surface area (Å²) in [4.78, 5) is 4.21. The van der Waals surface area contributed by atoms with Gasteiger partial charge in [0.25, 0.3) is 0 Å². The molecule has 0 unspecified atom stereocenters. The number of nitrogens with zero attached hydrogens (tertiary/aromatic N) is 1. The molecule has 0 spiro atoms. The zero-order chi connectivity index (χ0) is 8.10. The average molecular weight is 151 g/mol. The van der Waals surface area contributed by atoms with Crippen molar-refractivity contribution < 1.29 is 4.74 Å². The molecule has 0 aromatic carbocycles. The van der Waals surface area contributed by atoms with Crippen LogP contribution in [0, 0.1) is 0 Å². The molecule has 0 radical (unpaired) electrons. The molecular weight excluding hydrogens is 138 g/mol. The fourth-order valence-corrected chi connectivity index (χ4v) is 0.898. The van der Waals surface area contributed by atoms with E-state index < -0.39 is 0 Å². The number of aromatic nitrogens is 1. The van der Waals surface area contributed by atoms with Crippen LogP contribution in [0.2, 0.25) is 0 Å². The summed E-state index contributed by atoms with van der Waals surface area (Å²) in [5.41, 5.74) is 2.26. The first-order valence-electron chi connectivity index (χ1n) is 3.79. The second-order valence-electron chi connectivity index (χ2n) is 2.44. The van der Waals surface area contributed by atoms with E-state index in [4.69, 9.17) is 4.74 Å². The molecule has 11 heavy (non-hydrogen) atoms. The lowest BCUT2D eigenvalue weighted by Crippen LogP contribution is -1.92. The lowest BCUT2D eigenvalue weighted by molar-refractivity contribution is 0.181. The van der Waals surface area contributed by atoms with Crippen molar-refractivity contribution in [2.75, 3.05) is 7.11 Å². The van der Waals surface area contributed by atoms with Gasteiger partial charge in [0.1, 0.15) is 0 Å². The van der Waals surface area contributed by atoms with Crippen molar-refractivity contribution >= 4 is 0 Å². The number of rotatable bonds is 3. The third-order valence-electron chi connectivity index (χ3n) is 1.59. The number of hydrogen-bond acceptors (Lipinski definition) is 2. The van der Waals surface area contributed by atoms with Crippen LogP contribution in [0.15, 0.2) is 18.3 Å². The molecule has 0 amide bonds. The first-order chi connectivity index (χ1) is 5.36. The molecule has 1 aromatic heterocycles. The van der Waals surface area contributed by atoms with Crippen LogP contribution in [0.25, 0.3) is 0 Å². The predicted molar refractivity (Wildman–Crippen MR) is 44.3 cm³/mol. The van der Waals surface area contributed by atoms with Crippen LogP contribution in [-0.4, -0.2) is 12.1 Å². The number of methoxy groups -OCH3 is 1. The first-order valence-corrected chi connectivity index (χ1v) is 3.79. The molecule has 0 fully saturated rings. The SMILES string of the molecule is CCc1ccc(COC)nc1. The summed E-state index contributed by atoms with van der Waals surface area (Å²) in [6, 6.07) is 4.09. The van der Waals surface area contributed by atoms with Gasteiger partial charge in [0, 0.05) is 13.3 Å². The zero-order valence-electron chi connectivity index (χ0n) is 7.00. The highest BCUT2D eigenvalue weighted by atomic mass is 16.5. The highest BCUT2D eigenvalue weighted by molar-refractivity contribution is 5.13. The molecule has 0 atom stereocenters. The molecular formula is C9H13NO. The molecule has 0 aliphatic heterocycles. The summed E-state index contributed by atoms with van der Waals surface area (Å²) in [7, 11) is 1.68. The van der Waals surface area contributed by atoms with Crippen LogP contribution in [0.4, 0.5) is 0 Å². The van der Waals surface area contributed by atoms with Gasteiger partial charge < -0.3 is 4.74 Å². The van der Waals surface area contributed by atoms with E-state index in [1.807, 2.05) is 12.3 Å². The van der Waals surface area contributed by atoms with Crippen molar-refractivity contribution in [3.63, 3.8) is 0 Å². The molecule has 2 nitrogen and oxygen atoms in total. The lowest BCUT2D eigenvalue weighted by atomic mass is 10.2. The van der Waals surface area contributed by atoms with E-state index in [9.17, 15) is 0 Å². The molecule has 0 bridgehead atoms. The van der Waals surface area contributed by atoms with E-state index in [1.54, 1.807) is 7.11 Å². The minimum absolute atomic E-state index is 0.601. The Balaban J connectivity index is 2.66. The minimum Gasteiger partial charge on any atom is -0.378 e. The third-order valence-corrected chi connectivity index (χ3v) is 1.59. The monoisotopic (exact) mass is 151 g/mol. The van der Waals surface area contributed by atoms with Gasteiger partial charge in [-0.1, -0.05) is 13.0 Å². The van der Waals surface area contributed by atoms with Crippen molar-refractivity contribution in [1.82, 2.24) is 4.98 Å². The topological polar surface area (TPSA) is 22.1 Å². The van der Waals surface area contributed by atoms with E-state index in [2.05, 4.69) is 18.0 Å². The van der Waals surface area contributed by atoms with Gasteiger partial charge in [0.05, 0.1) is 12.3 Å². The Hall–Kier alpha value is -0.890. The number of pyridine rings is 1. The van der Waals surface area contributed by atoms with Crippen LogP contribution in [0.1, 0.15) is 18.2 Å². The van der Waals surface area contributed by atoms with Gasteiger partial charge in [-0.3, -0.25) is 4.98 Å². The van der Waals surface area contributed by atoms with Gasteiger partial charge in [0.15, 0.2) is 0 Å². The first kappa shape index (κ1) is 8.21. The van der Waals surface area contributed by atoms with Gasteiger partial charge in [-0.15, -0.1) is 0 Å². The maximum absolute atomic E-state index is 4.94. The maximum atomic E-state index is 4.94. The molecule has 0 N–H and O–H groups in total. The zero-order valence-corrected chi connectivity index (χ0v) is 7.00. The molecule has 2 heteroatoms. The molecule has 0 aliphatic carbocycles. The van der Waals surface area contributed by atoms with Gasteiger partial charge in [0.2, 0.25) is 0 Å². The Kier molecular flexibility index (Phi) is 3.05. The van der Waals surface area contributed by atoms with E-state index in [0.717, 1.165) is 12.1 Å². The van der Waals surface area contributed by atoms with Crippen molar-refractivity contribution in [2.24, 2.45) is 0 Å². The Bertz CT molecular complexity index is 205. The largest absolute Gasteiger partial charge is 0.378 e.